The Balaban J connectivity index is 1.40. The second kappa shape index (κ2) is 11.1. The van der Waals surface area contributed by atoms with Gasteiger partial charge >= 0.3 is 0 Å². The maximum absolute atomic E-state index is 12.5. The van der Waals surface area contributed by atoms with Crippen molar-refractivity contribution in [2.75, 3.05) is 26.6 Å². The van der Waals surface area contributed by atoms with Gasteiger partial charge in [-0.1, -0.05) is 18.2 Å². The molecule has 2 amide bonds. The number of methoxy groups -OCH3 is 3. The molecule has 3 N–H and O–H groups in total. The van der Waals surface area contributed by atoms with Crippen LogP contribution in [0.1, 0.15) is 15.9 Å². The highest BCUT2D eigenvalue weighted by Gasteiger charge is 2.12. The van der Waals surface area contributed by atoms with Gasteiger partial charge in [-0.3, -0.25) is 25.4 Å². The summed E-state index contributed by atoms with van der Waals surface area (Å²) in [5.74, 6) is 1.02. The maximum atomic E-state index is 12.5. The van der Waals surface area contributed by atoms with E-state index in [2.05, 4.69) is 21.2 Å². The summed E-state index contributed by atoms with van der Waals surface area (Å²) in [6.45, 7) is 0. The Morgan fingerprint density at radius 3 is 2.22 bits per heavy atom. The average molecular weight is 487 g/mol. The Morgan fingerprint density at radius 1 is 0.806 bits per heavy atom. The number of hydrogen-bond donors (Lipinski definition) is 3. The van der Waals surface area contributed by atoms with Crippen LogP contribution in [0, 0.1) is 0 Å². The molecule has 0 unspecified atom stereocenters. The third-order valence-corrected chi connectivity index (χ3v) is 5.53. The zero-order valence-electron chi connectivity index (χ0n) is 20.1. The van der Waals surface area contributed by atoms with Gasteiger partial charge < -0.3 is 19.5 Å². The van der Waals surface area contributed by atoms with Gasteiger partial charge in [0.1, 0.15) is 5.75 Å². The number of para-hydroxylation sites is 1. The van der Waals surface area contributed by atoms with E-state index in [1.807, 2.05) is 30.3 Å². The van der Waals surface area contributed by atoms with Crippen LogP contribution in [0.2, 0.25) is 0 Å². The van der Waals surface area contributed by atoms with Crippen LogP contribution in [-0.2, 0) is 11.2 Å². The number of hydrazine groups is 1. The van der Waals surface area contributed by atoms with E-state index in [9.17, 15) is 9.59 Å². The van der Waals surface area contributed by atoms with Crippen LogP contribution in [-0.4, -0.2) is 38.1 Å². The van der Waals surface area contributed by atoms with Crippen LogP contribution in [0.25, 0.3) is 10.9 Å². The highest BCUT2D eigenvalue weighted by molar-refractivity contribution is 5.97. The Kier molecular flexibility index (Phi) is 7.50. The SMILES string of the molecule is COc1ccccc1CC(=O)NNC(=O)c1ccc(Nc2ccnc3cc(OC)c(OC)cc23)cc1. The van der Waals surface area contributed by atoms with Crippen molar-refractivity contribution in [2.45, 2.75) is 6.42 Å². The van der Waals surface area contributed by atoms with Gasteiger partial charge in [0.25, 0.3) is 5.91 Å². The Morgan fingerprint density at radius 2 is 1.50 bits per heavy atom. The first kappa shape index (κ1) is 24.3. The van der Waals surface area contributed by atoms with Crippen LogP contribution >= 0.6 is 0 Å². The minimum absolute atomic E-state index is 0.0731. The molecule has 0 saturated heterocycles. The first-order valence-electron chi connectivity index (χ1n) is 11.1. The van der Waals surface area contributed by atoms with Crippen LogP contribution in [0.4, 0.5) is 11.4 Å². The largest absolute Gasteiger partial charge is 0.496 e. The third-order valence-electron chi connectivity index (χ3n) is 5.53. The lowest BCUT2D eigenvalue weighted by Gasteiger charge is -2.13. The van der Waals surface area contributed by atoms with E-state index in [1.54, 1.807) is 63.9 Å². The summed E-state index contributed by atoms with van der Waals surface area (Å²) in [4.78, 5) is 29.2. The second-order valence-electron chi connectivity index (χ2n) is 7.78. The van der Waals surface area contributed by atoms with Crippen LogP contribution < -0.4 is 30.4 Å². The number of rotatable bonds is 8. The standard InChI is InChI=1S/C27H26N4O5/c1-34-23-7-5-4-6-18(23)14-26(32)30-31-27(33)17-8-10-19(11-9-17)29-21-12-13-28-22-16-25(36-3)24(35-2)15-20(21)22/h4-13,15-16H,14H2,1-3H3,(H,28,29)(H,30,32)(H,31,33). The van der Waals surface area contributed by atoms with E-state index in [-0.39, 0.29) is 12.3 Å². The predicted molar refractivity (Wildman–Crippen MR) is 137 cm³/mol. The van der Waals surface area contributed by atoms with Crippen molar-refractivity contribution in [3.8, 4) is 17.2 Å². The molecule has 0 radical (unpaired) electrons. The van der Waals surface area contributed by atoms with Gasteiger partial charge in [-0.05, 0) is 42.5 Å². The molecule has 0 aliphatic rings. The fourth-order valence-corrected chi connectivity index (χ4v) is 3.71. The summed E-state index contributed by atoms with van der Waals surface area (Å²) in [7, 11) is 4.70. The second-order valence-corrected chi connectivity index (χ2v) is 7.78. The molecule has 4 aromatic rings. The highest BCUT2D eigenvalue weighted by Crippen LogP contribution is 2.35. The summed E-state index contributed by atoms with van der Waals surface area (Å²) in [6, 6.07) is 19.6. The molecule has 9 heteroatoms. The van der Waals surface area contributed by atoms with Crippen molar-refractivity contribution in [1.82, 2.24) is 15.8 Å². The van der Waals surface area contributed by atoms with Crippen molar-refractivity contribution in [2.24, 2.45) is 0 Å². The fraction of sp³-hybridized carbons (Fsp3) is 0.148. The molecule has 1 aromatic heterocycles. The smallest absolute Gasteiger partial charge is 0.269 e. The average Bonchev–Trinajstić information content (AvgIpc) is 2.91. The zero-order valence-corrected chi connectivity index (χ0v) is 20.1. The van der Waals surface area contributed by atoms with Gasteiger partial charge in [0.05, 0.1) is 33.3 Å². The number of ether oxygens (including phenoxy) is 3. The van der Waals surface area contributed by atoms with Gasteiger partial charge in [0, 0.05) is 40.2 Å². The Bertz CT molecular complexity index is 1390. The number of pyridine rings is 1. The van der Waals surface area contributed by atoms with Crippen LogP contribution in [0.5, 0.6) is 17.2 Å². The zero-order chi connectivity index (χ0) is 25.5. The molecule has 0 aliphatic heterocycles. The summed E-state index contributed by atoms with van der Waals surface area (Å²) in [5.41, 5.74) is 8.33. The Labute approximate surface area is 208 Å². The molecule has 3 aromatic carbocycles. The van der Waals surface area contributed by atoms with Gasteiger partial charge in [0.2, 0.25) is 5.91 Å². The molecular weight excluding hydrogens is 460 g/mol. The minimum atomic E-state index is -0.430. The Hall–Kier alpha value is -4.79. The highest BCUT2D eigenvalue weighted by atomic mass is 16.5. The monoisotopic (exact) mass is 486 g/mol. The maximum Gasteiger partial charge on any atom is 0.269 e. The molecule has 0 spiro atoms. The summed E-state index contributed by atoms with van der Waals surface area (Å²) >= 11 is 0. The number of benzene rings is 3. The molecule has 0 aliphatic carbocycles. The van der Waals surface area contributed by atoms with E-state index in [0.29, 0.717) is 22.8 Å². The lowest BCUT2D eigenvalue weighted by Crippen LogP contribution is -2.42. The van der Waals surface area contributed by atoms with Crippen molar-refractivity contribution in [1.29, 1.82) is 0 Å². The lowest BCUT2D eigenvalue weighted by atomic mass is 10.1. The lowest BCUT2D eigenvalue weighted by molar-refractivity contribution is -0.121. The van der Waals surface area contributed by atoms with Crippen LogP contribution in [0.15, 0.2) is 72.9 Å². The molecular formula is C27H26N4O5. The molecule has 4 rings (SSSR count). The van der Waals surface area contributed by atoms with Crippen molar-refractivity contribution in [3.63, 3.8) is 0 Å². The molecule has 184 valence electrons. The van der Waals surface area contributed by atoms with Gasteiger partial charge in [-0.2, -0.15) is 0 Å². The van der Waals surface area contributed by atoms with E-state index >= 15 is 0 Å². The molecule has 0 atom stereocenters. The van der Waals surface area contributed by atoms with Gasteiger partial charge in [0.15, 0.2) is 11.5 Å². The van der Waals surface area contributed by atoms with E-state index in [0.717, 1.165) is 27.8 Å². The van der Waals surface area contributed by atoms with Gasteiger partial charge in [-0.15, -0.1) is 0 Å². The molecule has 9 nitrogen and oxygen atoms in total. The minimum Gasteiger partial charge on any atom is -0.496 e. The summed E-state index contributed by atoms with van der Waals surface area (Å²) < 4.78 is 16.0. The molecule has 0 bridgehead atoms. The number of amides is 2. The first-order chi connectivity index (χ1) is 17.5. The fourth-order valence-electron chi connectivity index (χ4n) is 3.71. The number of hydrogen-bond acceptors (Lipinski definition) is 7. The first-order valence-corrected chi connectivity index (χ1v) is 11.1. The van der Waals surface area contributed by atoms with E-state index < -0.39 is 5.91 Å². The number of nitrogens with zero attached hydrogens (tertiary/aromatic N) is 1. The number of nitrogens with one attached hydrogen (secondary N) is 3. The molecule has 36 heavy (non-hydrogen) atoms. The normalized spacial score (nSPS) is 10.4. The number of carbonyl (C=O) groups is 2. The molecule has 1 heterocycles. The third kappa shape index (κ3) is 5.47. The topological polar surface area (TPSA) is 111 Å². The number of fused-ring (bicyclic) bond motifs is 1. The van der Waals surface area contributed by atoms with Crippen molar-refractivity contribution in [3.05, 3.63) is 84.1 Å². The predicted octanol–water partition coefficient (Wildman–Crippen LogP) is 4.01. The summed E-state index contributed by atoms with van der Waals surface area (Å²) in [5, 5.41) is 4.20. The van der Waals surface area contributed by atoms with Gasteiger partial charge in [-0.25, -0.2) is 0 Å². The van der Waals surface area contributed by atoms with Crippen molar-refractivity contribution < 1.29 is 23.8 Å². The molecule has 0 saturated carbocycles. The quantitative estimate of drug-likeness (QED) is 0.323. The summed E-state index contributed by atoms with van der Waals surface area (Å²) in [6.07, 6.45) is 1.77. The van der Waals surface area contributed by atoms with E-state index in [1.165, 1.54) is 0 Å². The van der Waals surface area contributed by atoms with Crippen molar-refractivity contribution >= 4 is 34.1 Å². The van der Waals surface area contributed by atoms with E-state index in [4.69, 9.17) is 14.2 Å². The number of carbonyl (C=O) groups excluding carboxylic acids is 2. The number of anilines is 2. The number of aromatic nitrogens is 1. The van der Waals surface area contributed by atoms with Crippen LogP contribution in [0.3, 0.4) is 0 Å². The molecule has 0 fully saturated rings.